The third-order valence-electron chi connectivity index (χ3n) is 1.66. The monoisotopic (exact) mass is 164 g/mol. The Morgan fingerprint density at radius 1 is 1.64 bits per heavy atom. The molecule has 0 saturated heterocycles. The molecule has 0 radical (unpaired) electrons. The lowest BCUT2D eigenvalue weighted by Crippen LogP contribution is -2.44. The first-order valence-electron chi connectivity index (χ1n) is 3.40. The molecular formula is C6H10F2N2O. The van der Waals surface area contributed by atoms with Gasteiger partial charge in [0.15, 0.2) is 0 Å². The molecule has 0 bridgehead atoms. The molecule has 5 heteroatoms. The lowest BCUT2D eigenvalue weighted by atomic mass is 10.3. The Labute approximate surface area is 62.9 Å². The van der Waals surface area contributed by atoms with Gasteiger partial charge >= 0.3 is 0 Å². The lowest BCUT2D eigenvalue weighted by molar-refractivity contribution is -0.123. The molecular weight excluding hydrogens is 154 g/mol. The molecule has 3 N–H and O–H groups in total. The molecule has 0 aromatic heterocycles. The van der Waals surface area contributed by atoms with E-state index in [4.69, 9.17) is 5.73 Å². The topological polar surface area (TPSA) is 55.1 Å². The zero-order valence-electron chi connectivity index (χ0n) is 5.94. The fourth-order valence-corrected chi connectivity index (χ4v) is 0.708. The number of nitrogens with two attached hydrogens (primary N) is 1. The van der Waals surface area contributed by atoms with Gasteiger partial charge in [0.2, 0.25) is 5.91 Å². The average molecular weight is 164 g/mol. The minimum Gasteiger partial charge on any atom is -0.349 e. The molecule has 0 aromatic carbocycles. The van der Waals surface area contributed by atoms with E-state index in [1.165, 1.54) is 0 Å². The number of hydrogen-bond donors (Lipinski definition) is 2. The summed E-state index contributed by atoms with van der Waals surface area (Å²) in [6.07, 6.45) is -1.30. The molecule has 3 nitrogen and oxygen atoms in total. The van der Waals surface area contributed by atoms with Crippen LogP contribution in [0.25, 0.3) is 0 Å². The lowest BCUT2D eigenvalue weighted by Gasteiger charge is -2.08. The summed E-state index contributed by atoms with van der Waals surface area (Å²) in [6.45, 7) is -0.599. The largest absolute Gasteiger partial charge is 0.349 e. The van der Waals surface area contributed by atoms with E-state index in [0.29, 0.717) is 12.8 Å². The molecule has 0 heterocycles. The number of carbonyl (C=O) groups excluding carboxylic acids is 1. The smallest absolute Gasteiger partial charge is 0.255 e. The van der Waals surface area contributed by atoms with Crippen molar-refractivity contribution in [1.82, 2.24) is 5.32 Å². The van der Waals surface area contributed by atoms with Crippen molar-refractivity contribution < 1.29 is 13.6 Å². The van der Waals surface area contributed by atoms with E-state index in [1.54, 1.807) is 0 Å². The van der Waals surface area contributed by atoms with Crippen molar-refractivity contribution in [2.24, 2.45) is 5.73 Å². The molecule has 11 heavy (non-hydrogen) atoms. The predicted octanol–water partition coefficient (Wildman–Crippen LogP) is -0.141. The third kappa shape index (κ3) is 2.11. The Morgan fingerprint density at radius 3 is 2.55 bits per heavy atom. The van der Waals surface area contributed by atoms with Crippen LogP contribution in [0.4, 0.5) is 8.78 Å². The van der Waals surface area contributed by atoms with E-state index in [1.807, 2.05) is 0 Å². The third-order valence-corrected chi connectivity index (χ3v) is 1.66. The standard InChI is InChI=1S/C6H10F2N2O/c7-4(8)3-10-5(11)6(9)1-2-6/h4H,1-3,9H2,(H,10,11). The van der Waals surface area contributed by atoms with Crippen LogP contribution < -0.4 is 11.1 Å². The van der Waals surface area contributed by atoms with Gasteiger partial charge < -0.3 is 11.1 Å². The van der Waals surface area contributed by atoms with Gasteiger partial charge in [0.05, 0.1) is 12.1 Å². The van der Waals surface area contributed by atoms with E-state index >= 15 is 0 Å². The van der Waals surface area contributed by atoms with E-state index in [2.05, 4.69) is 5.32 Å². The summed E-state index contributed by atoms with van der Waals surface area (Å²) in [6, 6.07) is 0. The summed E-state index contributed by atoms with van der Waals surface area (Å²) in [7, 11) is 0. The van der Waals surface area contributed by atoms with E-state index in [-0.39, 0.29) is 0 Å². The maximum Gasteiger partial charge on any atom is 0.255 e. The summed E-state index contributed by atoms with van der Waals surface area (Å²) < 4.78 is 23.1. The number of nitrogens with one attached hydrogen (secondary N) is 1. The molecule has 1 amide bonds. The molecule has 1 saturated carbocycles. The predicted molar refractivity (Wildman–Crippen MR) is 35.2 cm³/mol. The van der Waals surface area contributed by atoms with Crippen LogP contribution in [0.2, 0.25) is 0 Å². The van der Waals surface area contributed by atoms with Crippen molar-refractivity contribution in [2.75, 3.05) is 6.54 Å². The van der Waals surface area contributed by atoms with Gasteiger partial charge in [0, 0.05) is 0 Å². The molecule has 0 atom stereocenters. The van der Waals surface area contributed by atoms with Gasteiger partial charge in [-0.3, -0.25) is 4.79 Å². The van der Waals surface area contributed by atoms with Crippen molar-refractivity contribution in [3.05, 3.63) is 0 Å². The Hall–Kier alpha value is -0.710. The van der Waals surface area contributed by atoms with Crippen LogP contribution in [0.3, 0.4) is 0 Å². The van der Waals surface area contributed by atoms with E-state index in [0.717, 1.165) is 0 Å². The summed E-state index contributed by atoms with van der Waals surface area (Å²) in [5.41, 5.74) is 4.58. The van der Waals surface area contributed by atoms with Crippen LogP contribution in [0.1, 0.15) is 12.8 Å². The van der Waals surface area contributed by atoms with Crippen LogP contribution in [-0.2, 0) is 4.79 Å². The molecule has 64 valence electrons. The quantitative estimate of drug-likeness (QED) is 0.610. The van der Waals surface area contributed by atoms with Gasteiger partial charge in [-0.2, -0.15) is 0 Å². The van der Waals surface area contributed by atoms with Crippen molar-refractivity contribution in [2.45, 2.75) is 24.8 Å². The fourth-order valence-electron chi connectivity index (χ4n) is 0.708. The highest BCUT2D eigenvalue weighted by Crippen LogP contribution is 2.31. The van der Waals surface area contributed by atoms with Crippen molar-refractivity contribution in [3.8, 4) is 0 Å². The molecule has 0 unspecified atom stereocenters. The van der Waals surface area contributed by atoms with Gasteiger partial charge in [0.25, 0.3) is 6.43 Å². The first kappa shape index (κ1) is 8.39. The normalized spacial score (nSPS) is 20.0. The Morgan fingerprint density at radius 2 is 2.18 bits per heavy atom. The second-order valence-electron chi connectivity index (χ2n) is 2.76. The minimum atomic E-state index is -2.50. The molecule has 1 aliphatic carbocycles. The summed E-state index contributed by atoms with van der Waals surface area (Å²) in [5, 5.41) is 2.07. The van der Waals surface area contributed by atoms with Gasteiger partial charge in [0.1, 0.15) is 0 Å². The average Bonchev–Trinajstić information content (AvgIpc) is 2.64. The number of alkyl halides is 2. The highest BCUT2D eigenvalue weighted by Gasteiger charge is 2.45. The number of hydrogen-bond acceptors (Lipinski definition) is 2. The van der Waals surface area contributed by atoms with E-state index in [9.17, 15) is 13.6 Å². The van der Waals surface area contributed by atoms with E-state index < -0.39 is 24.4 Å². The molecule has 0 aromatic rings. The second-order valence-corrected chi connectivity index (χ2v) is 2.76. The van der Waals surface area contributed by atoms with Crippen molar-refractivity contribution in [3.63, 3.8) is 0 Å². The molecule has 1 rings (SSSR count). The fraction of sp³-hybridized carbons (Fsp3) is 0.833. The van der Waals surface area contributed by atoms with Crippen LogP contribution >= 0.6 is 0 Å². The minimum absolute atomic E-state index is 0.460. The second kappa shape index (κ2) is 2.73. The number of halogens is 2. The molecule has 1 aliphatic rings. The highest BCUT2D eigenvalue weighted by molar-refractivity contribution is 5.88. The summed E-state index contributed by atoms with van der Waals surface area (Å²) in [5.74, 6) is -0.460. The maximum absolute atomic E-state index is 11.5. The van der Waals surface area contributed by atoms with Gasteiger partial charge in [-0.15, -0.1) is 0 Å². The van der Waals surface area contributed by atoms with Crippen LogP contribution in [0.5, 0.6) is 0 Å². The zero-order valence-corrected chi connectivity index (χ0v) is 5.94. The highest BCUT2D eigenvalue weighted by atomic mass is 19.3. The maximum atomic E-state index is 11.5. The van der Waals surface area contributed by atoms with Crippen molar-refractivity contribution in [1.29, 1.82) is 0 Å². The van der Waals surface area contributed by atoms with Crippen LogP contribution in [0.15, 0.2) is 0 Å². The molecule has 0 spiro atoms. The Bertz CT molecular complexity index is 168. The van der Waals surface area contributed by atoms with Crippen molar-refractivity contribution >= 4 is 5.91 Å². The number of amides is 1. The number of rotatable bonds is 3. The number of carbonyl (C=O) groups is 1. The Kier molecular flexibility index (Phi) is 2.08. The first-order chi connectivity index (χ1) is 5.04. The van der Waals surface area contributed by atoms with Crippen LogP contribution in [-0.4, -0.2) is 24.4 Å². The van der Waals surface area contributed by atoms with Crippen LogP contribution in [0, 0.1) is 0 Å². The first-order valence-corrected chi connectivity index (χ1v) is 3.40. The summed E-state index contributed by atoms with van der Waals surface area (Å²) >= 11 is 0. The van der Waals surface area contributed by atoms with Gasteiger partial charge in [-0.25, -0.2) is 8.78 Å². The SMILES string of the molecule is NC1(C(=O)NCC(F)F)CC1. The Balaban J connectivity index is 2.22. The van der Waals surface area contributed by atoms with Gasteiger partial charge in [-0.1, -0.05) is 0 Å². The summed E-state index contributed by atoms with van der Waals surface area (Å²) in [4.78, 5) is 10.9. The molecule has 0 aliphatic heterocycles. The zero-order chi connectivity index (χ0) is 8.48. The van der Waals surface area contributed by atoms with Gasteiger partial charge in [-0.05, 0) is 12.8 Å². The molecule has 1 fully saturated rings.